The van der Waals surface area contributed by atoms with Gasteiger partial charge in [0.2, 0.25) is 0 Å². The summed E-state index contributed by atoms with van der Waals surface area (Å²) in [7, 11) is 0. The maximum absolute atomic E-state index is 5.82. The van der Waals surface area contributed by atoms with E-state index in [0.29, 0.717) is 6.61 Å². The van der Waals surface area contributed by atoms with E-state index in [1.807, 2.05) is 30.6 Å². The highest BCUT2D eigenvalue weighted by atomic mass is 16.5. The van der Waals surface area contributed by atoms with Gasteiger partial charge in [-0.25, -0.2) is 4.98 Å². The Kier molecular flexibility index (Phi) is 4.54. The second kappa shape index (κ2) is 6.94. The molecule has 0 amide bonds. The molecule has 1 aromatic heterocycles. The zero-order chi connectivity index (χ0) is 15.2. The summed E-state index contributed by atoms with van der Waals surface area (Å²) in [6, 6.07) is 18.6. The number of nitrogens with zero attached hydrogens (tertiary/aromatic N) is 2. The van der Waals surface area contributed by atoms with Crippen molar-refractivity contribution in [2.45, 2.75) is 19.9 Å². The van der Waals surface area contributed by atoms with E-state index in [4.69, 9.17) is 4.74 Å². The second-order valence-corrected chi connectivity index (χ2v) is 5.13. The Morgan fingerprint density at radius 1 is 0.955 bits per heavy atom. The Bertz CT molecular complexity index is 702. The number of ether oxygens (including phenoxy) is 1. The number of rotatable bonds is 6. The van der Waals surface area contributed by atoms with Crippen molar-refractivity contribution in [2.75, 3.05) is 6.61 Å². The van der Waals surface area contributed by atoms with Gasteiger partial charge in [0, 0.05) is 18.8 Å². The largest absolute Gasteiger partial charge is 0.492 e. The lowest BCUT2D eigenvalue weighted by Gasteiger charge is -2.09. The van der Waals surface area contributed by atoms with Crippen LogP contribution in [0.5, 0.6) is 5.75 Å². The Balaban J connectivity index is 1.58. The summed E-state index contributed by atoms with van der Waals surface area (Å²) in [6.45, 7) is 3.58. The first-order chi connectivity index (χ1) is 10.9. The van der Waals surface area contributed by atoms with E-state index < -0.39 is 0 Å². The van der Waals surface area contributed by atoms with Crippen LogP contribution in [0.4, 0.5) is 0 Å². The third-order valence-electron chi connectivity index (χ3n) is 3.68. The number of imidazole rings is 1. The first-order valence-electron chi connectivity index (χ1n) is 7.65. The van der Waals surface area contributed by atoms with Crippen LogP contribution in [0, 0.1) is 0 Å². The van der Waals surface area contributed by atoms with E-state index in [1.54, 1.807) is 0 Å². The summed E-state index contributed by atoms with van der Waals surface area (Å²) < 4.78 is 7.96. The lowest BCUT2D eigenvalue weighted by Crippen LogP contribution is -2.10. The van der Waals surface area contributed by atoms with Crippen molar-refractivity contribution in [2.24, 2.45) is 0 Å². The van der Waals surface area contributed by atoms with Gasteiger partial charge in [-0.1, -0.05) is 49.4 Å². The molecule has 3 nitrogen and oxygen atoms in total. The zero-order valence-electron chi connectivity index (χ0n) is 12.8. The van der Waals surface area contributed by atoms with Crippen LogP contribution in [-0.4, -0.2) is 16.2 Å². The van der Waals surface area contributed by atoms with Crippen LogP contribution in [-0.2, 0) is 13.0 Å². The number of aromatic nitrogens is 2. The van der Waals surface area contributed by atoms with Crippen LogP contribution in [0.15, 0.2) is 67.0 Å². The summed E-state index contributed by atoms with van der Waals surface area (Å²) >= 11 is 0. The van der Waals surface area contributed by atoms with Gasteiger partial charge < -0.3 is 9.30 Å². The molecule has 0 bridgehead atoms. The molecule has 3 rings (SSSR count). The van der Waals surface area contributed by atoms with E-state index in [9.17, 15) is 0 Å². The Morgan fingerprint density at radius 3 is 2.41 bits per heavy atom. The minimum absolute atomic E-state index is 0.647. The predicted octanol–water partition coefficient (Wildman–Crippen LogP) is 4.19. The fraction of sp³-hybridized carbons (Fsp3) is 0.211. The number of hydrogen-bond donors (Lipinski definition) is 0. The van der Waals surface area contributed by atoms with Crippen LogP contribution >= 0.6 is 0 Å². The van der Waals surface area contributed by atoms with Gasteiger partial charge in [0.25, 0.3) is 0 Å². The summed E-state index contributed by atoms with van der Waals surface area (Å²) in [5, 5.41) is 0. The van der Waals surface area contributed by atoms with Gasteiger partial charge in [0.1, 0.15) is 18.2 Å². The van der Waals surface area contributed by atoms with Gasteiger partial charge in [0.15, 0.2) is 0 Å². The van der Waals surface area contributed by atoms with Crippen molar-refractivity contribution in [3.8, 4) is 16.9 Å². The highest BCUT2D eigenvalue weighted by Gasteiger charge is 2.01. The highest BCUT2D eigenvalue weighted by Crippen LogP contribution is 2.22. The maximum Gasteiger partial charge on any atom is 0.119 e. The summed E-state index contributed by atoms with van der Waals surface area (Å²) in [6.07, 6.45) is 4.78. The van der Waals surface area contributed by atoms with Gasteiger partial charge in [0.05, 0.1) is 6.54 Å². The summed E-state index contributed by atoms with van der Waals surface area (Å²) in [4.78, 5) is 4.31. The first kappa shape index (κ1) is 14.4. The molecule has 0 spiro atoms. The van der Waals surface area contributed by atoms with Crippen LogP contribution in [0.2, 0.25) is 0 Å². The molecule has 1 heterocycles. The fourth-order valence-corrected chi connectivity index (χ4v) is 2.49. The third kappa shape index (κ3) is 3.37. The zero-order valence-corrected chi connectivity index (χ0v) is 12.8. The molecule has 2 aromatic carbocycles. The molecule has 0 aliphatic carbocycles. The molecule has 0 radical (unpaired) electrons. The van der Waals surface area contributed by atoms with Crippen molar-refractivity contribution >= 4 is 0 Å². The van der Waals surface area contributed by atoms with Crippen LogP contribution in [0.1, 0.15) is 12.7 Å². The summed E-state index contributed by atoms with van der Waals surface area (Å²) in [5.74, 6) is 2.00. The molecule has 0 saturated heterocycles. The van der Waals surface area contributed by atoms with Gasteiger partial charge in [-0.3, -0.25) is 0 Å². The Hall–Kier alpha value is -2.55. The van der Waals surface area contributed by atoms with Crippen LogP contribution < -0.4 is 4.74 Å². The minimum Gasteiger partial charge on any atom is -0.492 e. The van der Waals surface area contributed by atoms with Gasteiger partial charge in [-0.05, 0) is 23.3 Å². The molecule has 112 valence electrons. The van der Waals surface area contributed by atoms with Gasteiger partial charge >= 0.3 is 0 Å². The van der Waals surface area contributed by atoms with Crippen LogP contribution in [0.25, 0.3) is 11.1 Å². The molecule has 0 unspecified atom stereocenters. The standard InChI is InChI=1S/C19H20N2O/c1-2-19-20-12-13-21(19)14-15-22-18-10-8-17(9-11-18)16-6-4-3-5-7-16/h3-13H,2,14-15H2,1H3. The van der Waals surface area contributed by atoms with Crippen molar-refractivity contribution in [3.05, 3.63) is 72.8 Å². The Morgan fingerprint density at radius 2 is 1.68 bits per heavy atom. The summed E-state index contributed by atoms with van der Waals surface area (Å²) in [5.41, 5.74) is 2.43. The molecule has 3 heteroatoms. The molecular weight excluding hydrogens is 272 g/mol. The first-order valence-corrected chi connectivity index (χ1v) is 7.65. The normalized spacial score (nSPS) is 10.6. The van der Waals surface area contributed by atoms with E-state index in [0.717, 1.165) is 24.5 Å². The minimum atomic E-state index is 0.647. The third-order valence-corrected chi connectivity index (χ3v) is 3.68. The smallest absolute Gasteiger partial charge is 0.119 e. The molecule has 0 aliphatic heterocycles. The number of hydrogen-bond acceptors (Lipinski definition) is 2. The predicted molar refractivity (Wildman–Crippen MR) is 89.0 cm³/mol. The monoisotopic (exact) mass is 292 g/mol. The average molecular weight is 292 g/mol. The SMILES string of the molecule is CCc1nccn1CCOc1ccc(-c2ccccc2)cc1. The van der Waals surface area contributed by atoms with Crippen molar-refractivity contribution < 1.29 is 4.74 Å². The molecule has 22 heavy (non-hydrogen) atoms. The Labute approximate surface area is 131 Å². The van der Waals surface area contributed by atoms with Gasteiger partial charge in [-0.15, -0.1) is 0 Å². The van der Waals surface area contributed by atoms with E-state index >= 15 is 0 Å². The maximum atomic E-state index is 5.82. The van der Waals surface area contributed by atoms with Crippen molar-refractivity contribution in [1.29, 1.82) is 0 Å². The molecule has 3 aromatic rings. The quantitative estimate of drug-likeness (QED) is 0.681. The lowest BCUT2D eigenvalue weighted by atomic mass is 10.1. The van der Waals surface area contributed by atoms with E-state index in [1.165, 1.54) is 11.1 Å². The van der Waals surface area contributed by atoms with E-state index in [-0.39, 0.29) is 0 Å². The van der Waals surface area contributed by atoms with Crippen molar-refractivity contribution in [3.63, 3.8) is 0 Å². The van der Waals surface area contributed by atoms with Crippen molar-refractivity contribution in [1.82, 2.24) is 9.55 Å². The number of benzene rings is 2. The second-order valence-electron chi connectivity index (χ2n) is 5.13. The van der Waals surface area contributed by atoms with Crippen LogP contribution in [0.3, 0.4) is 0 Å². The average Bonchev–Trinajstić information content (AvgIpc) is 3.04. The highest BCUT2D eigenvalue weighted by molar-refractivity contribution is 5.63. The fourth-order valence-electron chi connectivity index (χ4n) is 2.49. The molecular formula is C19H20N2O. The molecule has 0 saturated carbocycles. The molecule has 0 aliphatic rings. The number of aryl methyl sites for hydroxylation is 1. The molecule has 0 atom stereocenters. The molecule has 0 fully saturated rings. The van der Waals surface area contributed by atoms with E-state index in [2.05, 4.69) is 52.9 Å². The lowest BCUT2D eigenvalue weighted by molar-refractivity contribution is 0.296. The van der Waals surface area contributed by atoms with Gasteiger partial charge in [-0.2, -0.15) is 0 Å². The molecule has 0 N–H and O–H groups in total. The topological polar surface area (TPSA) is 27.1 Å².